The Labute approximate surface area is 179 Å². The number of aliphatic hydroxyl groups is 1. The van der Waals surface area contributed by atoms with Gasteiger partial charge < -0.3 is 20.1 Å². The lowest BCUT2D eigenvalue weighted by Gasteiger charge is -2.06. The number of carbonyl (C=O) groups is 2. The first-order chi connectivity index (χ1) is 13.9. The lowest BCUT2D eigenvalue weighted by molar-refractivity contribution is -0.143. The smallest absolute Gasteiger partial charge is 0.306 e. The summed E-state index contributed by atoms with van der Waals surface area (Å²) in [5.41, 5.74) is 0. The molecule has 0 bridgehead atoms. The molecule has 0 spiro atoms. The molecule has 0 rings (SSSR count). The van der Waals surface area contributed by atoms with Crippen LogP contribution < -0.4 is 0 Å². The number of ether oxygens (including phenoxy) is 1. The fraction of sp³-hybridized carbons (Fsp3) is 0.913. The van der Waals surface area contributed by atoms with E-state index in [2.05, 4.69) is 20.8 Å². The Hall–Kier alpha value is -1.14. The number of carboxylic acid groups (broad SMARTS) is 2. The fourth-order valence-corrected chi connectivity index (χ4v) is 2.53. The second-order valence-electron chi connectivity index (χ2n) is 7.21. The average molecular weight is 421 g/mol. The van der Waals surface area contributed by atoms with Gasteiger partial charge in [0.1, 0.15) is 0 Å². The molecule has 0 saturated carbocycles. The zero-order chi connectivity index (χ0) is 22.9. The normalized spacial score (nSPS) is 12.1. The summed E-state index contributed by atoms with van der Waals surface area (Å²) in [5.74, 6) is -1.51. The van der Waals surface area contributed by atoms with E-state index in [1.54, 1.807) is 0 Å². The van der Waals surface area contributed by atoms with Crippen molar-refractivity contribution in [2.24, 2.45) is 11.8 Å². The Morgan fingerprint density at radius 1 is 0.690 bits per heavy atom. The highest BCUT2D eigenvalue weighted by molar-refractivity contribution is 5.70. The Bertz CT molecular complexity index is 314. The minimum absolute atomic E-state index is 0.111. The van der Waals surface area contributed by atoms with Crippen molar-refractivity contribution in [3.63, 3.8) is 0 Å². The van der Waals surface area contributed by atoms with Crippen molar-refractivity contribution in [1.29, 1.82) is 0 Å². The Kier molecular flexibility index (Phi) is 30.1. The van der Waals surface area contributed by atoms with Crippen LogP contribution in [0.15, 0.2) is 0 Å². The predicted octanol–water partition coefficient (Wildman–Crippen LogP) is 5.76. The van der Waals surface area contributed by atoms with Gasteiger partial charge in [0.25, 0.3) is 0 Å². The SMILES string of the molecule is CCCCC(CC)C(=O)O.CCCCC(CC)C(=O)O.CCCCCOCCO. The van der Waals surface area contributed by atoms with Crippen LogP contribution in [0.5, 0.6) is 0 Å². The largest absolute Gasteiger partial charge is 0.481 e. The molecule has 0 aliphatic carbocycles. The molecule has 2 unspecified atom stereocenters. The standard InChI is InChI=1S/2C8H16O2.C7H16O2/c2*1-3-5-6-7(4-2)8(9)10;1-2-3-4-6-9-7-5-8/h2*7H,3-6H2,1-2H3,(H,9,10);8H,2-7H2,1H3. The number of hydrogen-bond acceptors (Lipinski definition) is 4. The summed E-state index contributed by atoms with van der Waals surface area (Å²) >= 11 is 0. The van der Waals surface area contributed by atoms with Gasteiger partial charge in [0, 0.05) is 6.61 Å². The van der Waals surface area contributed by atoms with Crippen LogP contribution >= 0.6 is 0 Å². The van der Waals surface area contributed by atoms with E-state index >= 15 is 0 Å². The molecule has 0 aliphatic heterocycles. The quantitative estimate of drug-likeness (QED) is 0.274. The molecule has 6 heteroatoms. The Morgan fingerprint density at radius 2 is 1.10 bits per heavy atom. The summed E-state index contributed by atoms with van der Waals surface area (Å²) in [6.45, 7) is 11.6. The van der Waals surface area contributed by atoms with Crippen molar-refractivity contribution in [1.82, 2.24) is 0 Å². The first-order valence-corrected chi connectivity index (χ1v) is 11.5. The van der Waals surface area contributed by atoms with E-state index in [9.17, 15) is 9.59 Å². The van der Waals surface area contributed by atoms with Crippen LogP contribution in [0.3, 0.4) is 0 Å². The summed E-state index contributed by atoms with van der Waals surface area (Å²) in [5, 5.41) is 25.5. The Balaban J connectivity index is -0.000000350. The maximum absolute atomic E-state index is 10.4. The van der Waals surface area contributed by atoms with E-state index in [0.29, 0.717) is 6.61 Å². The minimum Gasteiger partial charge on any atom is -0.481 e. The third-order valence-corrected chi connectivity index (χ3v) is 4.62. The molecule has 2 atom stereocenters. The molecule has 0 aromatic heterocycles. The van der Waals surface area contributed by atoms with Gasteiger partial charge in [-0.05, 0) is 32.1 Å². The van der Waals surface area contributed by atoms with Crippen LogP contribution in [0, 0.1) is 11.8 Å². The molecule has 29 heavy (non-hydrogen) atoms. The molecule has 0 aliphatic rings. The summed E-state index contributed by atoms with van der Waals surface area (Å²) in [6.07, 6.45) is 11.0. The highest BCUT2D eigenvalue weighted by atomic mass is 16.5. The van der Waals surface area contributed by atoms with E-state index in [0.717, 1.165) is 64.4 Å². The minimum atomic E-state index is -0.643. The summed E-state index contributed by atoms with van der Waals surface area (Å²) in [7, 11) is 0. The van der Waals surface area contributed by atoms with Gasteiger partial charge in [-0.2, -0.15) is 0 Å². The van der Waals surface area contributed by atoms with E-state index in [4.69, 9.17) is 20.1 Å². The van der Waals surface area contributed by atoms with Crippen LogP contribution in [-0.4, -0.2) is 47.1 Å². The number of carboxylic acids is 2. The molecule has 0 heterocycles. The van der Waals surface area contributed by atoms with Gasteiger partial charge in [0.05, 0.1) is 25.0 Å². The average Bonchev–Trinajstić information content (AvgIpc) is 2.69. The molecule has 0 aromatic carbocycles. The van der Waals surface area contributed by atoms with Gasteiger partial charge in [-0.25, -0.2) is 0 Å². The topological polar surface area (TPSA) is 104 Å². The molecule has 0 saturated heterocycles. The molecule has 176 valence electrons. The molecule has 6 nitrogen and oxygen atoms in total. The number of rotatable bonds is 16. The Morgan fingerprint density at radius 3 is 1.38 bits per heavy atom. The van der Waals surface area contributed by atoms with Gasteiger partial charge in [-0.1, -0.05) is 73.1 Å². The van der Waals surface area contributed by atoms with Gasteiger partial charge in [-0.15, -0.1) is 0 Å². The van der Waals surface area contributed by atoms with Gasteiger partial charge >= 0.3 is 11.9 Å². The van der Waals surface area contributed by atoms with Crippen LogP contribution in [0.4, 0.5) is 0 Å². The van der Waals surface area contributed by atoms with E-state index < -0.39 is 11.9 Å². The molecule has 0 aromatic rings. The maximum Gasteiger partial charge on any atom is 0.306 e. The highest BCUT2D eigenvalue weighted by Crippen LogP contribution is 2.12. The van der Waals surface area contributed by atoms with E-state index in [-0.39, 0.29) is 18.4 Å². The second kappa shape index (κ2) is 26.9. The zero-order valence-corrected chi connectivity index (χ0v) is 19.6. The number of aliphatic carboxylic acids is 2. The monoisotopic (exact) mass is 420 g/mol. The lowest BCUT2D eigenvalue weighted by Crippen LogP contribution is -2.11. The number of hydrogen-bond donors (Lipinski definition) is 3. The first kappa shape index (κ1) is 32.5. The second-order valence-corrected chi connectivity index (χ2v) is 7.21. The van der Waals surface area contributed by atoms with Crippen molar-refractivity contribution < 1.29 is 29.6 Å². The van der Waals surface area contributed by atoms with Crippen molar-refractivity contribution in [3.05, 3.63) is 0 Å². The van der Waals surface area contributed by atoms with Crippen LogP contribution in [-0.2, 0) is 14.3 Å². The summed E-state index contributed by atoms with van der Waals surface area (Å²) in [6, 6.07) is 0. The maximum atomic E-state index is 10.4. The lowest BCUT2D eigenvalue weighted by atomic mass is 10.00. The predicted molar refractivity (Wildman–Crippen MR) is 119 cm³/mol. The molecular weight excluding hydrogens is 372 g/mol. The van der Waals surface area contributed by atoms with Gasteiger partial charge in [-0.3, -0.25) is 9.59 Å². The first-order valence-electron chi connectivity index (χ1n) is 11.5. The van der Waals surface area contributed by atoms with Crippen LogP contribution in [0.25, 0.3) is 0 Å². The fourth-order valence-electron chi connectivity index (χ4n) is 2.53. The third-order valence-electron chi connectivity index (χ3n) is 4.62. The van der Waals surface area contributed by atoms with Crippen molar-refractivity contribution in [2.45, 2.75) is 105 Å². The van der Waals surface area contributed by atoms with E-state index in [1.165, 1.54) is 12.8 Å². The number of unbranched alkanes of at least 4 members (excludes halogenated alkanes) is 4. The van der Waals surface area contributed by atoms with Gasteiger partial charge in [0.2, 0.25) is 0 Å². The number of aliphatic hydroxyl groups excluding tert-OH is 1. The summed E-state index contributed by atoms with van der Waals surface area (Å²) < 4.78 is 5.03. The molecule has 3 N–H and O–H groups in total. The van der Waals surface area contributed by atoms with Crippen LogP contribution in [0.1, 0.15) is 105 Å². The van der Waals surface area contributed by atoms with Crippen molar-refractivity contribution in [2.75, 3.05) is 19.8 Å². The molecule has 0 fully saturated rings. The third kappa shape index (κ3) is 26.9. The van der Waals surface area contributed by atoms with Crippen molar-refractivity contribution >= 4 is 11.9 Å². The molecular formula is C23H48O6. The summed E-state index contributed by atoms with van der Waals surface area (Å²) in [4.78, 5) is 20.9. The molecule has 0 radical (unpaired) electrons. The van der Waals surface area contributed by atoms with Gasteiger partial charge in [0.15, 0.2) is 0 Å². The van der Waals surface area contributed by atoms with Crippen LogP contribution in [0.2, 0.25) is 0 Å². The highest BCUT2D eigenvalue weighted by Gasteiger charge is 2.13. The molecule has 0 amide bonds. The van der Waals surface area contributed by atoms with Crippen molar-refractivity contribution in [3.8, 4) is 0 Å². The zero-order valence-electron chi connectivity index (χ0n) is 19.6. The van der Waals surface area contributed by atoms with E-state index in [1.807, 2.05) is 13.8 Å².